The minimum atomic E-state index is -0.490. The van der Waals surface area contributed by atoms with Gasteiger partial charge in [-0.3, -0.25) is 15.1 Å². The number of nitro groups is 1. The van der Waals surface area contributed by atoms with Gasteiger partial charge in [-0.25, -0.2) is 4.98 Å². The van der Waals surface area contributed by atoms with Gasteiger partial charge in [-0.15, -0.1) is 0 Å². The van der Waals surface area contributed by atoms with Crippen LogP contribution in [0.2, 0.25) is 5.15 Å². The van der Waals surface area contributed by atoms with Crippen molar-refractivity contribution < 1.29 is 4.92 Å². The van der Waals surface area contributed by atoms with Crippen molar-refractivity contribution >= 4 is 28.1 Å². The molecule has 0 spiro atoms. The standard InChI is InChI=1S/C14H8ClN3O2/c15-14-6-10(18(19)20)5-13(17-14)12-8-16-7-9-3-1-2-4-11(9)12/h1-8H. The molecular weight excluding hydrogens is 278 g/mol. The molecule has 0 aliphatic heterocycles. The molecule has 0 fully saturated rings. The number of fused-ring (bicyclic) bond motifs is 1. The van der Waals surface area contributed by atoms with Crippen molar-refractivity contribution in [3.63, 3.8) is 0 Å². The lowest BCUT2D eigenvalue weighted by molar-refractivity contribution is -0.384. The van der Waals surface area contributed by atoms with Crippen molar-refractivity contribution in [1.29, 1.82) is 0 Å². The summed E-state index contributed by atoms with van der Waals surface area (Å²) in [7, 11) is 0. The van der Waals surface area contributed by atoms with Crippen LogP contribution in [0.1, 0.15) is 0 Å². The highest BCUT2D eigenvalue weighted by atomic mass is 35.5. The Labute approximate surface area is 119 Å². The topological polar surface area (TPSA) is 68.9 Å². The molecule has 0 saturated carbocycles. The van der Waals surface area contributed by atoms with Crippen LogP contribution in [0.5, 0.6) is 0 Å². The minimum absolute atomic E-state index is 0.0853. The van der Waals surface area contributed by atoms with Gasteiger partial charge in [0.2, 0.25) is 0 Å². The smallest absolute Gasteiger partial charge is 0.263 e. The first-order chi connectivity index (χ1) is 9.65. The van der Waals surface area contributed by atoms with Gasteiger partial charge in [0, 0.05) is 29.4 Å². The lowest BCUT2D eigenvalue weighted by Crippen LogP contribution is -1.93. The number of rotatable bonds is 2. The molecule has 0 saturated heterocycles. The monoisotopic (exact) mass is 285 g/mol. The molecule has 0 N–H and O–H groups in total. The van der Waals surface area contributed by atoms with E-state index in [1.54, 1.807) is 12.4 Å². The lowest BCUT2D eigenvalue weighted by Gasteiger charge is -2.05. The summed E-state index contributed by atoms with van der Waals surface area (Å²) in [6.07, 6.45) is 3.36. The molecule has 3 rings (SSSR count). The summed E-state index contributed by atoms with van der Waals surface area (Å²) < 4.78 is 0. The van der Waals surface area contributed by atoms with Crippen LogP contribution in [0.15, 0.2) is 48.8 Å². The zero-order valence-corrected chi connectivity index (χ0v) is 10.9. The maximum Gasteiger partial charge on any atom is 0.274 e. The molecule has 0 bridgehead atoms. The number of pyridine rings is 2. The van der Waals surface area contributed by atoms with Crippen molar-refractivity contribution in [2.75, 3.05) is 0 Å². The predicted molar refractivity (Wildman–Crippen MR) is 76.6 cm³/mol. The van der Waals surface area contributed by atoms with Crippen LogP contribution >= 0.6 is 11.6 Å². The molecular formula is C14H8ClN3O2. The van der Waals surface area contributed by atoms with E-state index in [4.69, 9.17) is 11.6 Å². The average Bonchev–Trinajstić information content (AvgIpc) is 2.46. The van der Waals surface area contributed by atoms with Gasteiger partial charge in [0.25, 0.3) is 5.69 Å². The Hall–Kier alpha value is -2.53. The number of benzene rings is 1. The normalized spacial score (nSPS) is 10.7. The lowest BCUT2D eigenvalue weighted by atomic mass is 10.0. The zero-order valence-electron chi connectivity index (χ0n) is 10.2. The molecule has 2 heterocycles. The Bertz CT molecular complexity index is 815. The van der Waals surface area contributed by atoms with E-state index in [2.05, 4.69) is 9.97 Å². The van der Waals surface area contributed by atoms with Gasteiger partial charge in [-0.2, -0.15) is 0 Å². The van der Waals surface area contributed by atoms with Gasteiger partial charge in [0.15, 0.2) is 0 Å². The molecule has 6 heteroatoms. The van der Waals surface area contributed by atoms with E-state index in [9.17, 15) is 10.1 Å². The molecule has 1 aromatic carbocycles. The fourth-order valence-electron chi connectivity index (χ4n) is 2.05. The Balaban J connectivity index is 2.28. The third-order valence-electron chi connectivity index (χ3n) is 2.93. The Morgan fingerprint density at radius 1 is 1.15 bits per heavy atom. The number of aromatic nitrogens is 2. The summed E-state index contributed by atoms with van der Waals surface area (Å²) in [4.78, 5) is 18.7. The first-order valence-electron chi connectivity index (χ1n) is 5.80. The first-order valence-corrected chi connectivity index (χ1v) is 6.18. The molecule has 0 radical (unpaired) electrons. The SMILES string of the molecule is O=[N+]([O-])c1cc(Cl)nc(-c2cncc3ccccc23)c1. The Kier molecular flexibility index (Phi) is 3.04. The van der Waals surface area contributed by atoms with Crippen LogP contribution < -0.4 is 0 Å². The van der Waals surface area contributed by atoms with E-state index in [1.165, 1.54) is 12.1 Å². The van der Waals surface area contributed by atoms with Crippen LogP contribution in [0.3, 0.4) is 0 Å². The molecule has 3 aromatic rings. The highest BCUT2D eigenvalue weighted by molar-refractivity contribution is 6.29. The van der Waals surface area contributed by atoms with Crippen molar-refractivity contribution in [3.8, 4) is 11.3 Å². The molecule has 98 valence electrons. The zero-order chi connectivity index (χ0) is 14.1. The van der Waals surface area contributed by atoms with E-state index in [0.29, 0.717) is 11.3 Å². The second kappa shape index (κ2) is 4.86. The summed E-state index contributed by atoms with van der Waals surface area (Å²) in [6.45, 7) is 0. The third kappa shape index (κ3) is 2.19. The molecule has 0 amide bonds. The van der Waals surface area contributed by atoms with E-state index in [-0.39, 0.29) is 10.8 Å². The van der Waals surface area contributed by atoms with Gasteiger partial charge in [0.05, 0.1) is 16.7 Å². The van der Waals surface area contributed by atoms with Crippen molar-refractivity contribution in [3.05, 3.63) is 64.1 Å². The highest BCUT2D eigenvalue weighted by Crippen LogP contribution is 2.29. The largest absolute Gasteiger partial charge is 0.274 e. The van der Waals surface area contributed by atoms with Gasteiger partial charge >= 0.3 is 0 Å². The fraction of sp³-hybridized carbons (Fsp3) is 0. The summed E-state index contributed by atoms with van der Waals surface area (Å²) in [5, 5.41) is 12.9. The molecule has 0 atom stereocenters. The Morgan fingerprint density at radius 2 is 1.95 bits per heavy atom. The maximum absolute atomic E-state index is 10.9. The minimum Gasteiger partial charge on any atom is -0.263 e. The first kappa shape index (κ1) is 12.5. The summed E-state index contributed by atoms with van der Waals surface area (Å²) in [5.41, 5.74) is 1.06. The van der Waals surface area contributed by atoms with Crippen molar-refractivity contribution in [1.82, 2.24) is 9.97 Å². The van der Waals surface area contributed by atoms with Crippen molar-refractivity contribution in [2.45, 2.75) is 0 Å². The number of halogens is 1. The third-order valence-corrected chi connectivity index (χ3v) is 3.13. The summed E-state index contributed by atoms with van der Waals surface area (Å²) in [5.74, 6) is 0. The maximum atomic E-state index is 10.9. The van der Waals surface area contributed by atoms with E-state index in [1.807, 2.05) is 24.3 Å². The van der Waals surface area contributed by atoms with E-state index >= 15 is 0 Å². The van der Waals surface area contributed by atoms with Gasteiger partial charge in [0.1, 0.15) is 5.15 Å². The van der Waals surface area contributed by atoms with Gasteiger partial charge in [-0.1, -0.05) is 35.9 Å². The summed E-state index contributed by atoms with van der Waals surface area (Å²) >= 11 is 5.86. The van der Waals surface area contributed by atoms with Crippen molar-refractivity contribution in [2.24, 2.45) is 0 Å². The van der Waals surface area contributed by atoms with Crippen LogP contribution in [-0.2, 0) is 0 Å². The second-order valence-electron chi connectivity index (χ2n) is 4.20. The van der Waals surface area contributed by atoms with Crippen LogP contribution in [0.25, 0.3) is 22.0 Å². The number of nitrogens with zero attached hydrogens (tertiary/aromatic N) is 3. The molecule has 5 nitrogen and oxygen atoms in total. The molecule has 0 aliphatic carbocycles. The van der Waals surface area contributed by atoms with E-state index in [0.717, 1.165) is 10.8 Å². The molecule has 0 unspecified atom stereocenters. The molecule has 20 heavy (non-hydrogen) atoms. The van der Waals surface area contributed by atoms with Crippen LogP contribution in [0, 0.1) is 10.1 Å². The predicted octanol–water partition coefficient (Wildman–Crippen LogP) is 3.86. The van der Waals surface area contributed by atoms with Gasteiger partial charge in [-0.05, 0) is 5.39 Å². The fourth-order valence-corrected chi connectivity index (χ4v) is 2.25. The van der Waals surface area contributed by atoms with Gasteiger partial charge < -0.3 is 0 Å². The van der Waals surface area contributed by atoms with Crippen LogP contribution in [-0.4, -0.2) is 14.9 Å². The molecule has 0 aliphatic rings. The molecule has 2 aromatic heterocycles. The number of hydrogen-bond donors (Lipinski definition) is 0. The average molecular weight is 286 g/mol. The second-order valence-corrected chi connectivity index (χ2v) is 4.59. The summed E-state index contributed by atoms with van der Waals surface area (Å²) in [6, 6.07) is 10.3. The highest BCUT2D eigenvalue weighted by Gasteiger charge is 2.13. The van der Waals surface area contributed by atoms with Crippen LogP contribution in [0.4, 0.5) is 5.69 Å². The number of hydrogen-bond acceptors (Lipinski definition) is 4. The van der Waals surface area contributed by atoms with E-state index < -0.39 is 4.92 Å². The Morgan fingerprint density at radius 3 is 2.75 bits per heavy atom. The quantitative estimate of drug-likeness (QED) is 0.407.